The molecule has 3 heteroatoms. The molecule has 2 atom stereocenters. The molecule has 0 N–H and O–H groups in total. The van der Waals surface area contributed by atoms with Crippen molar-refractivity contribution in [1.29, 1.82) is 0 Å². The van der Waals surface area contributed by atoms with Gasteiger partial charge in [0.05, 0.1) is 6.04 Å². The van der Waals surface area contributed by atoms with Crippen molar-refractivity contribution >= 4 is 6.09 Å². The van der Waals surface area contributed by atoms with E-state index < -0.39 is 5.60 Å². The van der Waals surface area contributed by atoms with E-state index in [9.17, 15) is 4.79 Å². The number of piperidine rings is 1. The third kappa shape index (κ3) is 4.76. The Balaban J connectivity index is 1.97. The maximum absolute atomic E-state index is 12.5. The highest BCUT2D eigenvalue weighted by atomic mass is 16.6. The number of unbranched alkanes of at least 4 members (excludes halogenated alkanes) is 3. The number of carbonyl (C=O) groups excluding carboxylic acids is 1. The molecule has 0 spiro atoms. The first-order valence-corrected chi connectivity index (χ1v) is 9.11. The van der Waals surface area contributed by atoms with Crippen molar-refractivity contribution in [2.75, 3.05) is 0 Å². The summed E-state index contributed by atoms with van der Waals surface area (Å²) in [4.78, 5) is 14.5. The summed E-state index contributed by atoms with van der Waals surface area (Å²) in [5.41, 5.74) is 1.17. The van der Waals surface area contributed by atoms with Crippen LogP contribution in [0.25, 0.3) is 0 Å². The molecule has 0 aromatic rings. The predicted octanol–water partition coefficient (Wildman–Crippen LogP) is 5.45. The number of ether oxygens (including phenoxy) is 1. The number of amides is 1. The third-order valence-corrected chi connectivity index (χ3v) is 4.67. The maximum atomic E-state index is 12.5. The fourth-order valence-corrected chi connectivity index (χ4v) is 3.68. The predicted molar refractivity (Wildman–Crippen MR) is 91.0 cm³/mol. The second-order valence-corrected chi connectivity index (χ2v) is 7.88. The van der Waals surface area contributed by atoms with Gasteiger partial charge >= 0.3 is 6.09 Å². The van der Waals surface area contributed by atoms with E-state index in [2.05, 4.69) is 13.0 Å². The molecule has 1 amide bonds. The lowest BCUT2D eigenvalue weighted by molar-refractivity contribution is -0.00159. The quantitative estimate of drug-likeness (QED) is 0.499. The summed E-state index contributed by atoms with van der Waals surface area (Å²) in [5, 5.41) is 0. The molecule has 0 aliphatic carbocycles. The van der Waals surface area contributed by atoms with E-state index in [-0.39, 0.29) is 12.1 Å². The van der Waals surface area contributed by atoms with Crippen LogP contribution in [0.5, 0.6) is 0 Å². The second kappa shape index (κ2) is 7.52. The van der Waals surface area contributed by atoms with Gasteiger partial charge in [-0.15, -0.1) is 0 Å². The van der Waals surface area contributed by atoms with Crippen LogP contribution in [0.1, 0.15) is 85.5 Å². The summed E-state index contributed by atoms with van der Waals surface area (Å²) >= 11 is 0. The van der Waals surface area contributed by atoms with Gasteiger partial charge in [-0.2, -0.15) is 0 Å². The van der Waals surface area contributed by atoms with Gasteiger partial charge in [-0.1, -0.05) is 37.8 Å². The normalized spacial score (nSPS) is 24.9. The molecule has 2 heterocycles. The molecule has 0 aromatic carbocycles. The van der Waals surface area contributed by atoms with E-state index in [4.69, 9.17) is 4.74 Å². The summed E-state index contributed by atoms with van der Waals surface area (Å²) in [5.74, 6) is 0. The van der Waals surface area contributed by atoms with Crippen molar-refractivity contribution in [3.8, 4) is 0 Å². The molecular formula is C19H33NO2. The Hall–Kier alpha value is -0.990. The van der Waals surface area contributed by atoms with Crippen molar-refractivity contribution in [2.45, 2.75) is 103 Å². The number of hydrogen-bond donors (Lipinski definition) is 0. The SMILES string of the molecule is CCCCCCC1=CC2CCCC(C1)N2C(=O)OC(C)(C)C. The van der Waals surface area contributed by atoms with E-state index in [1.54, 1.807) is 5.57 Å². The lowest BCUT2D eigenvalue weighted by atomic mass is 9.84. The Labute approximate surface area is 136 Å². The average molecular weight is 307 g/mol. The molecule has 2 rings (SSSR count). The molecular weight excluding hydrogens is 274 g/mol. The lowest BCUT2D eigenvalue weighted by Gasteiger charge is -2.45. The molecule has 126 valence electrons. The van der Waals surface area contributed by atoms with Crippen molar-refractivity contribution in [1.82, 2.24) is 4.90 Å². The van der Waals surface area contributed by atoms with Gasteiger partial charge in [-0.25, -0.2) is 4.79 Å². The molecule has 2 bridgehead atoms. The molecule has 1 fully saturated rings. The lowest BCUT2D eigenvalue weighted by Crippen LogP contribution is -2.53. The number of nitrogens with zero attached hydrogens (tertiary/aromatic N) is 1. The van der Waals surface area contributed by atoms with Gasteiger partial charge in [-0.3, -0.25) is 4.90 Å². The largest absolute Gasteiger partial charge is 0.444 e. The van der Waals surface area contributed by atoms with Gasteiger partial charge < -0.3 is 4.74 Å². The molecule has 22 heavy (non-hydrogen) atoms. The Bertz CT molecular complexity index is 408. The molecule has 2 unspecified atom stereocenters. The molecule has 1 saturated heterocycles. The maximum Gasteiger partial charge on any atom is 0.411 e. The summed E-state index contributed by atoms with van der Waals surface area (Å²) < 4.78 is 5.62. The summed E-state index contributed by atoms with van der Waals surface area (Å²) in [7, 11) is 0. The number of hydrogen-bond acceptors (Lipinski definition) is 2. The van der Waals surface area contributed by atoms with E-state index in [1.165, 1.54) is 38.5 Å². The smallest absolute Gasteiger partial charge is 0.411 e. The van der Waals surface area contributed by atoms with Crippen LogP contribution in [-0.2, 0) is 4.74 Å². The van der Waals surface area contributed by atoms with Crippen LogP contribution in [-0.4, -0.2) is 28.7 Å². The van der Waals surface area contributed by atoms with E-state index in [0.29, 0.717) is 6.04 Å². The number of fused-ring (bicyclic) bond motifs is 2. The highest BCUT2D eigenvalue weighted by molar-refractivity contribution is 5.70. The fourth-order valence-electron chi connectivity index (χ4n) is 3.68. The summed E-state index contributed by atoms with van der Waals surface area (Å²) in [6, 6.07) is 0.628. The highest BCUT2D eigenvalue weighted by Gasteiger charge is 2.38. The zero-order valence-corrected chi connectivity index (χ0v) is 14.9. The van der Waals surface area contributed by atoms with E-state index in [0.717, 1.165) is 19.3 Å². The molecule has 0 radical (unpaired) electrons. The van der Waals surface area contributed by atoms with Crippen LogP contribution in [0.3, 0.4) is 0 Å². The minimum atomic E-state index is -0.407. The van der Waals surface area contributed by atoms with Crippen molar-refractivity contribution in [2.24, 2.45) is 0 Å². The van der Waals surface area contributed by atoms with Crippen LogP contribution in [0.4, 0.5) is 4.79 Å². The van der Waals surface area contributed by atoms with Crippen molar-refractivity contribution < 1.29 is 9.53 Å². The van der Waals surface area contributed by atoms with Crippen LogP contribution in [0, 0.1) is 0 Å². The van der Waals surface area contributed by atoms with E-state index in [1.807, 2.05) is 25.7 Å². The third-order valence-electron chi connectivity index (χ3n) is 4.67. The van der Waals surface area contributed by atoms with Gasteiger partial charge in [0.15, 0.2) is 0 Å². The Morgan fingerprint density at radius 2 is 2.05 bits per heavy atom. The summed E-state index contributed by atoms with van der Waals surface area (Å²) in [6.07, 6.45) is 13.2. The fraction of sp³-hybridized carbons (Fsp3) is 0.842. The summed E-state index contributed by atoms with van der Waals surface area (Å²) in [6.45, 7) is 8.09. The molecule has 3 nitrogen and oxygen atoms in total. The molecule has 0 saturated carbocycles. The molecule has 0 aromatic heterocycles. The highest BCUT2D eigenvalue weighted by Crippen LogP contribution is 2.35. The van der Waals surface area contributed by atoms with Crippen LogP contribution >= 0.6 is 0 Å². The van der Waals surface area contributed by atoms with Crippen LogP contribution in [0.15, 0.2) is 11.6 Å². The standard InChI is InChI=1S/C19H33NO2/c1-5-6-7-8-10-15-13-16-11-9-12-17(14-15)20(16)18(21)22-19(2,3)4/h13,16-17H,5-12,14H2,1-4H3. The first kappa shape index (κ1) is 17.4. The first-order valence-electron chi connectivity index (χ1n) is 9.11. The minimum absolute atomic E-state index is 0.122. The van der Waals surface area contributed by atoms with Gasteiger partial charge in [0.25, 0.3) is 0 Å². The topological polar surface area (TPSA) is 29.5 Å². The van der Waals surface area contributed by atoms with Gasteiger partial charge in [0, 0.05) is 6.04 Å². The number of carbonyl (C=O) groups is 1. The zero-order valence-electron chi connectivity index (χ0n) is 14.9. The molecule has 2 aliphatic rings. The average Bonchev–Trinajstić information content (AvgIpc) is 2.40. The zero-order chi connectivity index (χ0) is 16.2. The Morgan fingerprint density at radius 3 is 2.68 bits per heavy atom. The van der Waals surface area contributed by atoms with Gasteiger partial charge in [0.2, 0.25) is 0 Å². The number of rotatable bonds is 5. The Kier molecular flexibility index (Phi) is 5.94. The minimum Gasteiger partial charge on any atom is -0.444 e. The second-order valence-electron chi connectivity index (χ2n) is 7.88. The van der Waals surface area contributed by atoms with E-state index >= 15 is 0 Å². The van der Waals surface area contributed by atoms with Gasteiger partial charge in [0.1, 0.15) is 5.60 Å². The van der Waals surface area contributed by atoms with Gasteiger partial charge in [-0.05, 0) is 59.3 Å². The van der Waals surface area contributed by atoms with Crippen LogP contribution in [0.2, 0.25) is 0 Å². The Morgan fingerprint density at radius 1 is 1.27 bits per heavy atom. The monoisotopic (exact) mass is 307 g/mol. The first-order chi connectivity index (χ1) is 10.4. The van der Waals surface area contributed by atoms with Crippen molar-refractivity contribution in [3.63, 3.8) is 0 Å². The van der Waals surface area contributed by atoms with Crippen LogP contribution < -0.4 is 0 Å². The van der Waals surface area contributed by atoms with Crippen molar-refractivity contribution in [3.05, 3.63) is 11.6 Å². The molecule has 2 aliphatic heterocycles.